The molecule has 0 radical (unpaired) electrons. The van der Waals surface area contributed by atoms with Gasteiger partial charge in [0.15, 0.2) is 0 Å². The molecule has 1 saturated heterocycles. The van der Waals surface area contributed by atoms with E-state index in [0.717, 1.165) is 12.8 Å². The highest BCUT2D eigenvalue weighted by atomic mass is 16.5. The summed E-state index contributed by atoms with van der Waals surface area (Å²) in [7, 11) is 0. The molecule has 1 aliphatic heterocycles. The number of aromatic carboxylic acids is 1. The van der Waals surface area contributed by atoms with E-state index in [9.17, 15) is 9.59 Å². The van der Waals surface area contributed by atoms with E-state index in [1.165, 1.54) is 6.07 Å². The first-order chi connectivity index (χ1) is 9.50. The van der Waals surface area contributed by atoms with Crippen LogP contribution in [0.3, 0.4) is 0 Å². The van der Waals surface area contributed by atoms with Crippen LogP contribution in [0.5, 0.6) is 0 Å². The van der Waals surface area contributed by atoms with Gasteiger partial charge in [0.05, 0.1) is 12.0 Å². The average Bonchev–Trinajstić information content (AvgIpc) is 2.39. The summed E-state index contributed by atoms with van der Waals surface area (Å²) in [6.45, 7) is 3.28. The molecular formula is C15H19NO4. The van der Waals surface area contributed by atoms with Crippen molar-refractivity contribution in [2.45, 2.75) is 31.7 Å². The average molecular weight is 277 g/mol. The van der Waals surface area contributed by atoms with E-state index in [-0.39, 0.29) is 23.4 Å². The van der Waals surface area contributed by atoms with Crippen molar-refractivity contribution in [3.8, 4) is 0 Å². The Labute approximate surface area is 117 Å². The van der Waals surface area contributed by atoms with Crippen molar-refractivity contribution in [3.63, 3.8) is 0 Å². The highest BCUT2D eigenvalue weighted by Gasteiger charge is 2.29. The second-order valence-electron chi connectivity index (χ2n) is 5.36. The molecule has 0 spiro atoms. The Hall–Kier alpha value is -1.88. The fourth-order valence-corrected chi connectivity index (χ4v) is 2.38. The highest BCUT2D eigenvalue weighted by Crippen LogP contribution is 2.20. The minimum atomic E-state index is -1.01. The molecule has 1 aromatic rings. The van der Waals surface area contributed by atoms with Crippen LogP contribution >= 0.6 is 0 Å². The summed E-state index contributed by atoms with van der Waals surface area (Å²) in [5.41, 5.74) is 0.459. The zero-order chi connectivity index (χ0) is 14.6. The van der Waals surface area contributed by atoms with Crippen LogP contribution in [0.25, 0.3) is 0 Å². The summed E-state index contributed by atoms with van der Waals surface area (Å²) in [5.74, 6) is -1.16. The van der Waals surface area contributed by atoms with E-state index in [1.54, 1.807) is 18.2 Å². The van der Waals surface area contributed by atoms with Gasteiger partial charge < -0.3 is 15.2 Å². The van der Waals surface area contributed by atoms with Crippen molar-refractivity contribution < 1.29 is 19.4 Å². The van der Waals surface area contributed by atoms with E-state index in [2.05, 4.69) is 5.32 Å². The minimum Gasteiger partial charge on any atom is -0.478 e. The first-order valence-electron chi connectivity index (χ1n) is 6.70. The molecule has 0 aliphatic carbocycles. The largest absolute Gasteiger partial charge is 0.478 e. The van der Waals surface area contributed by atoms with Crippen LogP contribution in [0, 0.1) is 0 Å². The highest BCUT2D eigenvalue weighted by molar-refractivity contribution is 5.91. The first kappa shape index (κ1) is 14.5. The Morgan fingerprint density at radius 1 is 1.30 bits per heavy atom. The topological polar surface area (TPSA) is 75.6 Å². The number of nitrogens with one attached hydrogen (secondary N) is 1. The van der Waals surface area contributed by atoms with Gasteiger partial charge in [0.25, 0.3) is 0 Å². The van der Waals surface area contributed by atoms with Gasteiger partial charge in [-0.3, -0.25) is 4.79 Å². The Morgan fingerprint density at radius 2 is 1.95 bits per heavy atom. The number of hydrogen-bond acceptors (Lipinski definition) is 3. The number of carboxylic acids is 1. The van der Waals surface area contributed by atoms with Gasteiger partial charge in [-0.15, -0.1) is 0 Å². The third-order valence-electron chi connectivity index (χ3n) is 3.64. The molecule has 0 aromatic heterocycles. The predicted molar refractivity (Wildman–Crippen MR) is 73.7 cm³/mol. The lowest BCUT2D eigenvalue weighted by Gasteiger charge is -2.34. The van der Waals surface area contributed by atoms with E-state index in [0.29, 0.717) is 18.8 Å². The smallest absolute Gasteiger partial charge is 0.335 e. The van der Waals surface area contributed by atoms with E-state index >= 15 is 0 Å². The predicted octanol–water partition coefficient (Wildman–Crippen LogP) is 1.61. The summed E-state index contributed by atoms with van der Waals surface area (Å²) < 4.78 is 5.29. The fourth-order valence-electron chi connectivity index (χ4n) is 2.38. The number of carbonyl (C=O) groups is 2. The van der Waals surface area contributed by atoms with Crippen LogP contribution in [-0.4, -0.2) is 35.7 Å². The number of carboxylic acid groups (broad SMARTS) is 1. The van der Waals surface area contributed by atoms with Crippen LogP contribution in [0.1, 0.15) is 35.7 Å². The molecule has 1 aliphatic rings. The summed E-state index contributed by atoms with van der Waals surface area (Å²) >= 11 is 0. The van der Waals surface area contributed by atoms with Gasteiger partial charge in [-0.1, -0.05) is 18.2 Å². The zero-order valence-electron chi connectivity index (χ0n) is 11.5. The quantitative estimate of drug-likeness (QED) is 0.876. The van der Waals surface area contributed by atoms with Gasteiger partial charge in [-0.25, -0.2) is 4.79 Å². The lowest BCUT2D eigenvalue weighted by atomic mass is 9.92. The summed E-state index contributed by atoms with van der Waals surface area (Å²) in [6, 6.07) is 6.59. The zero-order valence-corrected chi connectivity index (χ0v) is 11.5. The van der Waals surface area contributed by atoms with Crippen LogP contribution in [0.15, 0.2) is 24.3 Å². The molecule has 20 heavy (non-hydrogen) atoms. The maximum Gasteiger partial charge on any atom is 0.335 e. The van der Waals surface area contributed by atoms with E-state index < -0.39 is 5.97 Å². The number of hydrogen-bond donors (Lipinski definition) is 2. The Balaban J connectivity index is 2.03. The number of carbonyl (C=O) groups excluding carboxylic acids is 1. The number of benzene rings is 1. The molecule has 1 fully saturated rings. The molecule has 5 nitrogen and oxygen atoms in total. The molecule has 5 heteroatoms. The van der Waals surface area contributed by atoms with Crippen molar-refractivity contribution in [1.82, 2.24) is 5.32 Å². The van der Waals surface area contributed by atoms with E-state index in [1.807, 2.05) is 6.92 Å². The number of amides is 1. The van der Waals surface area contributed by atoms with Gasteiger partial charge in [-0.05, 0) is 31.4 Å². The summed E-state index contributed by atoms with van der Waals surface area (Å²) in [4.78, 5) is 23.2. The second kappa shape index (κ2) is 6.05. The maximum atomic E-state index is 12.1. The third kappa shape index (κ3) is 3.57. The fraction of sp³-hybridized carbons (Fsp3) is 0.467. The molecule has 1 aromatic carbocycles. The number of rotatable bonds is 4. The summed E-state index contributed by atoms with van der Waals surface area (Å²) in [5, 5.41) is 12.1. The summed E-state index contributed by atoms with van der Waals surface area (Å²) in [6.07, 6.45) is 1.64. The molecule has 0 saturated carbocycles. The molecule has 108 valence electrons. The third-order valence-corrected chi connectivity index (χ3v) is 3.64. The lowest BCUT2D eigenvalue weighted by Crippen LogP contribution is -2.50. The molecule has 1 heterocycles. The molecule has 2 rings (SSSR count). The van der Waals surface area contributed by atoms with Gasteiger partial charge in [0.2, 0.25) is 5.91 Å². The van der Waals surface area contributed by atoms with Crippen molar-refractivity contribution in [1.29, 1.82) is 0 Å². The Kier molecular flexibility index (Phi) is 4.39. The second-order valence-corrected chi connectivity index (χ2v) is 5.36. The molecule has 0 bridgehead atoms. The van der Waals surface area contributed by atoms with Crippen molar-refractivity contribution in [3.05, 3.63) is 35.4 Å². The monoisotopic (exact) mass is 277 g/mol. The van der Waals surface area contributed by atoms with Crippen molar-refractivity contribution in [2.75, 3.05) is 13.2 Å². The van der Waals surface area contributed by atoms with Gasteiger partial charge in [0, 0.05) is 18.8 Å². The normalized spacial score (nSPS) is 17.4. The molecule has 1 amide bonds. The van der Waals surface area contributed by atoms with Crippen LogP contribution in [0.2, 0.25) is 0 Å². The van der Waals surface area contributed by atoms with Crippen LogP contribution in [0.4, 0.5) is 0 Å². The van der Waals surface area contributed by atoms with Crippen LogP contribution < -0.4 is 5.32 Å². The van der Waals surface area contributed by atoms with Gasteiger partial charge in [0.1, 0.15) is 0 Å². The Bertz CT molecular complexity index is 506. The minimum absolute atomic E-state index is 0.0823. The molecule has 0 unspecified atom stereocenters. The molecular weight excluding hydrogens is 258 g/mol. The van der Waals surface area contributed by atoms with Crippen molar-refractivity contribution in [2.24, 2.45) is 0 Å². The molecule has 0 atom stereocenters. The first-order valence-corrected chi connectivity index (χ1v) is 6.70. The van der Waals surface area contributed by atoms with Gasteiger partial charge >= 0.3 is 5.97 Å². The number of ether oxygens (including phenoxy) is 1. The maximum absolute atomic E-state index is 12.1. The molecule has 2 N–H and O–H groups in total. The Morgan fingerprint density at radius 3 is 2.60 bits per heavy atom. The van der Waals surface area contributed by atoms with Crippen molar-refractivity contribution >= 4 is 11.9 Å². The SMILES string of the molecule is CC1(NC(=O)Cc2ccccc2C(=O)O)CCOCC1. The standard InChI is InChI=1S/C15H19NO4/c1-15(6-8-20-9-7-15)16-13(17)10-11-4-2-3-5-12(11)14(18)19/h2-5H,6-10H2,1H3,(H,16,17)(H,18,19). The van der Waals surface area contributed by atoms with Gasteiger partial charge in [-0.2, -0.15) is 0 Å². The lowest BCUT2D eigenvalue weighted by molar-refractivity contribution is -0.123. The van der Waals surface area contributed by atoms with Crippen LogP contribution in [-0.2, 0) is 16.0 Å². The van der Waals surface area contributed by atoms with E-state index in [4.69, 9.17) is 9.84 Å².